The van der Waals surface area contributed by atoms with E-state index in [0.717, 1.165) is 35.7 Å². The summed E-state index contributed by atoms with van der Waals surface area (Å²) in [6.45, 7) is 0.114. The number of carboxylic acid groups (broad SMARTS) is 1. The molecule has 1 amide bonds. The summed E-state index contributed by atoms with van der Waals surface area (Å²) < 4.78 is 0.929. The maximum absolute atomic E-state index is 12.4. The van der Waals surface area contributed by atoms with Crippen LogP contribution in [0.5, 0.6) is 0 Å². The van der Waals surface area contributed by atoms with E-state index in [-0.39, 0.29) is 18.4 Å². The number of aliphatic carboxylic acids is 1. The Morgan fingerprint density at radius 1 is 1.30 bits per heavy atom. The number of nitrogens with zero attached hydrogens (tertiary/aromatic N) is 1. The second-order valence-corrected chi connectivity index (χ2v) is 6.12. The van der Waals surface area contributed by atoms with E-state index in [1.54, 1.807) is 0 Å². The van der Waals surface area contributed by atoms with E-state index in [2.05, 4.69) is 15.9 Å². The van der Waals surface area contributed by atoms with Gasteiger partial charge in [-0.15, -0.1) is 0 Å². The first-order valence-corrected chi connectivity index (χ1v) is 7.60. The minimum Gasteiger partial charge on any atom is -0.480 e. The Bertz CT molecular complexity index is 498. The molecular formula is C15H18BrNO3. The Kier molecular flexibility index (Phi) is 5.17. The highest BCUT2D eigenvalue weighted by molar-refractivity contribution is 9.10. The number of halogens is 1. The molecule has 1 aromatic carbocycles. The van der Waals surface area contributed by atoms with Crippen molar-refractivity contribution in [2.24, 2.45) is 5.92 Å². The van der Waals surface area contributed by atoms with Gasteiger partial charge in [0.05, 0.1) is 0 Å². The largest absolute Gasteiger partial charge is 0.480 e. The number of carbonyl (C=O) groups is 2. The summed E-state index contributed by atoms with van der Waals surface area (Å²) in [6.07, 6.45) is 3.89. The highest BCUT2D eigenvalue weighted by Gasteiger charge is 2.28. The molecule has 1 aliphatic carbocycles. The number of carbonyl (C=O) groups excluding carboxylic acids is 1. The zero-order valence-corrected chi connectivity index (χ0v) is 12.8. The molecule has 0 aromatic heterocycles. The van der Waals surface area contributed by atoms with Gasteiger partial charge >= 0.3 is 5.97 Å². The van der Waals surface area contributed by atoms with Crippen LogP contribution in [0.2, 0.25) is 0 Å². The zero-order valence-electron chi connectivity index (χ0n) is 11.2. The third kappa shape index (κ3) is 4.07. The van der Waals surface area contributed by atoms with Crippen molar-refractivity contribution in [3.8, 4) is 0 Å². The van der Waals surface area contributed by atoms with Gasteiger partial charge in [0.15, 0.2) is 0 Å². The van der Waals surface area contributed by atoms with Gasteiger partial charge in [-0.1, -0.05) is 40.9 Å². The molecule has 1 aromatic rings. The number of hydrogen-bond acceptors (Lipinski definition) is 2. The monoisotopic (exact) mass is 339 g/mol. The fraction of sp³-hybridized carbons (Fsp3) is 0.467. The summed E-state index contributed by atoms with van der Waals surface area (Å²) in [5, 5.41) is 9.01. The van der Waals surface area contributed by atoms with Crippen LogP contribution in [0.4, 0.5) is 0 Å². The Hall–Kier alpha value is -1.36. The van der Waals surface area contributed by atoms with Crippen molar-refractivity contribution in [3.63, 3.8) is 0 Å². The van der Waals surface area contributed by atoms with Gasteiger partial charge in [-0.05, 0) is 30.5 Å². The van der Waals surface area contributed by atoms with Crippen LogP contribution in [0, 0.1) is 5.92 Å². The molecule has 0 bridgehead atoms. The van der Waals surface area contributed by atoms with Crippen molar-refractivity contribution >= 4 is 27.8 Å². The van der Waals surface area contributed by atoms with Crippen molar-refractivity contribution in [2.45, 2.75) is 32.2 Å². The van der Waals surface area contributed by atoms with Crippen molar-refractivity contribution < 1.29 is 14.7 Å². The summed E-state index contributed by atoms with van der Waals surface area (Å²) in [6, 6.07) is 7.61. The molecule has 1 aliphatic rings. The third-order valence-electron chi connectivity index (χ3n) is 3.60. The highest BCUT2D eigenvalue weighted by Crippen LogP contribution is 2.27. The first-order chi connectivity index (χ1) is 9.56. The lowest BCUT2D eigenvalue weighted by molar-refractivity contribution is -0.146. The second kappa shape index (κ2) is 6.88. The fourth-order valence-corrected chi connectivity index (χ4v) is 3.11. The summed E-state index contributed by atoms with van der Waals surface area (Å²) >= 11 is 3.39. The molecule has 5 heteroatoms. The van der Waals surface area contributed by atoms with Crippen LogP contribution >= 0.6 is 15.9 Å². The molecular weight excluding hydrogens is 322 g/mol. The molecule has 20 heavy (non-hydrogen) atoms. The van der Waals surface area contributed by atoms with Gasteiger partial charge in [-0.3, -0.25) is 9.59 Å². The van der Waals surface area contributed by atoms with Crippen LogP contribution in [-0.4, -0.2) is 28.4 Å². The van der Waals surface area contributed by atoms with E-state index in [0.29, 0.717) is 6.54 Å². The molecule has 0 heterocycles. The predicted octanol–water partition coefficient (Wildman–Crippen LogP) is 3.05. The lowest BCUT2D eigenvalue weighted by Crippen LogP contribution is -2.38. The molecule has 108 valence electrons. The van der Waals surface area contributed by atoms with Gasteiger partial charge in [0.1, 0.15) is 6.54 Å². The maximum atomic E-state index is 12.4. The van der Waals surface area contributed by atoms with Crippen LogP contribution in [0.25, 0.3) is 0 Å². The second-order valence-electron chi connectivity index (χ2n) is 5.20. The summed E-state index contributed by atoms with van der Waals surface area (Å²) in [7, 11) is 0. The van der Waals surface area contributed by atoms with Gasteiger partial charge in [0.25, 0.3) is 0 Å². The molecule has 0 aliphatic heterocycles. The number of amides is 1. The van der Waals surface area contributed by atoms with Crippen molar-refractivity contribution in [2.75, 3.05) is 6.54 Å². The standard InChI is InChI=1S/C15H18BrNO3/c16-13-7-3-4-11(8-13)9-17(10-14(18)19)15(20)12-5-1-2-6-12/h3-4,7-8,12H,1-2,5-6,9-10H2,(H,18,19). The highest BCUT2D eigenvalue weighted by atomic mass is 79.9. The van der Waals surface area contributed by atoms with Gasteiger partial charge in [0.2, 0.25) is 5.91 Å². The SMILES string of the molecule is O=C(O)CN(Cc1cccc(Br)c1)C(=O)C1CCCC1. The molecule has 0 saturated heterocycles. The molecule has 0 radical (unpaired) electrons. The smallest absolute Gasteiger partial charge is 0.323 e. The average Bonchev–Trinajstić information content (AvgIpc) is 2.90. The van der Waals surface area contributed by atoms with E-state index in [1.165, 1.54) is 4.90 Å². The Balaban J connectivity index is 2.10. The van der Waals surface area contributed by atoms with Crippen LogP contribution < -0.4 is 0 Å². The Labute approximate surface area is 126 Å². The molecule has 1 fully saturated rings. The first kappa shape index (κ1) is 15.0. The zero-order chi connectivity index (χ0) is 14.5. The molecule has 0 spiro atoms. The van der Waals surface area contributed by atoms with Crippen LogP contribution in [0.15, 0.2) is 28.7 Å². The lowest BCUT2D eigenvalue weighted by atomic mass is 10.1. The maximum Gasteiger partial charge on any atom is 0.323 e. The lowest BCUT2D eigenvalue weighted by Gasteiger charge is -2.24. The molecule has 2 rings (SSSR count). The third-order valence-corrected chi connectivity index (χ3v) is 4.10. The Morgan fingerprint density at radius 3 is 2.60 bits per heavy atom. The minimum atomic E-state index is -0.966. The predicted molar refractivity (Wildman–Crippen MR) is 79.2 cm³/mol. The van der Waals surface area contributed by atoms with Gasteiger partial charge in [-0.2, -0.15) is 0 Å². The van der Waals surface area contributed by atoms with Gasteiger partial charge < -0.3 is 10.0 Å². The number of rotatable bonds is 5. The number of benzene rings is 1. The van der Waals surface area contributed by atoms with Gasteiger partial charge in [0, 0.05) is 16.9 Å². The molecule has 4 nitrogen and oxygen atoms in total. The van der Waals surface area contributed by atoms with E-state index >= 15 is 0 Å². The minimum absolute atomic E-state index is 0.00139. The topological polar surface area (TPSA) is 57.6 Å². The summed E-state index contributed by atoms with van der Waals surface area (Å²) in [5.41, 5.74) is 0.937. The summed E-state index contributed by atoms with van der Waals surface area (Å²) in [4.78, 5) is 24.9. The average molecular weight is 340 g/mol. The van der Waals surface area contributed by atoms with E-state index in [1.807, 2.05) is 24.3 Å². The molecule has 0 unspecified atom stereocenters. The van der Waals surface area contributed by atoms with Crippen LogP contribution in [-0.2, 0) is 16.1 Å². The van der Waals surface area contributed by atoms with E-state index < -0.39 is 5.97 Å². The molecule has 1 N–H and O–H groups in total. The van der Waals surface area contributed by atoms with Crippen molar-refractivity contribution in [3.05, 3.63) is 34.3 Å². The first-order valence-electron chi connectivity index (χ1n) is 6.81. The molecule has 1 saturated carbocycles. The van der Waals surface area contributed by atoms with E-state index in [9.17, 15) is 9.59 Å². The normalized spacial score (nSPS) is 15.2. The number of hydrogen-bond donors (Lipinski definition) is 1. The van der Waals surface area contributed by atoms with Crippen molar-refractivity contribution in [1.82, 2.24) is 4.90 Å². The van der Waals surface area contributed by atoms with E-state index in [4.69, 9.17) is 5.11 Å². The Morgan fingerprint density at radius 2 is 2.00 bits per heavy atom. The quantitative estimate of drug-likeness (QED) is 0.896. The molecule has 0 atom stereocenters. The van der Waals surface area contributed by atoms with Crippen LogP contribution in [0.3, 0.4) is 0 Å². The van der Waals surface area contributed by atoms with Crippen molar-refractivity contribution in [1.29, 1.82) is 0 Å². The fourth-order valence-electron chi connectivity index (χ4n) is 2.66. The van der Waals surface area contributed by atoms with Gasteiger partial charge in [-0.25, -0.2) is 0 Å². The number of carboxylic acids is 1. The summed E-state index contributed by atoms with van der Waals surface area (Å²) in [5.74, 6) is -0.988. The van der Waals surface area contributed by atoms with Crippen LogP contribution in [0.1, 0.15) is 31.2 Å².